The second-order valence-corrected chi connectivity index (χ2v) is 2.39. The Labute approximate surface area is 62.1 Å². The Kier molecular flexibility index (Phi) is 2.32. The van der Waals surface area contributed by atoms with Crippen molar-refractivity contribution in [3.8, 4) is 0 Å². The van der Waals surface area contributed by atoms with Crippen molar-refractivity contribution >= 4 is 0 Å². The van der Waals surface area contributed by atoms with Crippen molar-refractivity contribution in [3.05, 3.63) is 35.6 Å². The second-order valence-electron chi connectivity index (χ2n) is 2.39. The van der Waals surface area contributed by atoms with Crippen LogP contribution in [0.2, 0.25) is 0 Å². The molecule has 0 amide bonds. The summed E-state index contributed by atoms with van der Waals surface area (Å²) in [4.78, 5) is 0. The zero-order valence-electron chi connectivity index (χ0n) is 6.52. The molecule has 0 atom stereocenters. The Morgan fingerprint density at radius 3 is 2.80 bits per heavy atom. The minimum absolute atomic E-state index is 1.06. The fourth-order valence-electron chi connectivity index (χ4n) is 0.952. The number of rotatable bonds is 1. The average molecular weight is 135 g/mol. The summed E-state index contributed by atoms with van der Waals surface area (Å²) in [6.45, 7) is 2.10. The zero-order valence-corrected chi connectivity index (χ0v) is 6.52. The largest absolute Gasteiger partial charge is 0.391 e. The van der Waals surface area contributed by atoms with Gasteiger partial charge < -0.3 is 5.32 Å². The molecule has 0 heterocycles. The van der Waals surface area contributed by atoms with Gasteiger partial charge in [-0.25, -0.2) is 0 Å². The molecule has 0 aromatic heterocycles. The third kappa shape index (κ3) is 1.50. The van der Waals surface area contributed by atoms with Crippen LogP contribution in [0.3, 0.4) is 0 Å². The first-order valence-electron chi connectivity index (χ1n) is 3.55. The summed E-state index contributed by atoms with van der Waals surface area (Å²) in [6.07, 6.45) is 9.51. The van der Waals surface area contributed by atoms with Crippen LogP contribution in [0.1, 0.15) is 13.3 Å². The van der Waals surface area contributed by atoms with Crippen molar-refractivity contribution in [3.63, 3.8) is 0 Å². The van der Waals surface area contributed by atoms with Crippen LogP contribution >= 0.6 is 0 Å². The number of nitrogens with one attached hydrogen (secondary N) is 1. The van der Waals surface area contributed by atoms with Crippen LogP contribution in [0.5, 0.6) is 0 Å². The van der Waals surface area contributed by atoms with Gasteiger partial charge in [0, 0.05) is 12.7 Å². The minimum Gasteiger partial charge on any atom is -0.391 e. The van der Waals surface area contributed by atoms with Crippen molar-refractivity contribution in [1.82, 2.24) is 5.32 Å². The van der Waals surface area contributed by atoms with Crippen LogP contribution in [0.4, 0.5) is 0 Å². The lowest BCUT2D eigenvalue weighted by Gasteiger charge is -2.07. The fraction of sp³-hybridized carbons (Fsp3) is 0.333. The Balaban J connectivity index is 2.74. The molecule has 0 saturated carbocycles. The van der Waals surface area contributed by atoms with E-state index in [4.69, 9.17) is 0 Å². The summed E-state index contributed by atoms with van der Waals surface area (Å²) >= 11 is 0. The Morgan fingerprint density at radius 1 is 1.50 bits per heavy atom. The van der Waals surface area contributed by atoms with Gasteiger partial charge >= 0.3 is 0 Å². The predicted molar refractivity (Wildman–Crippen MR) is 44.7 cm³/mol. The molecular formula is C9H13N. The van der Waals surface area contributed by atoms with Crippen LogP contribution < -0.4 is 5.32 Å². The highest BCUT2D eigenvalue weighted by Crippen LogP contribution is 2.12. The van der Waals surface area contributed by atoms with E-state index in [0.29, 0.717) is 0 Å². The molecule has 54 valence electrons. The highest BCUT2D eigenvalue weighted by Gasteiger charge is 1.96. The van der Waals surface area contributed by atoms with Crippen LogP contribution in [-0.4, -0.2) is 7.05 Å². The van der Waals surface area contributed by atoms with Crippen molar-refractivity contribution < 1.29 is 0 Å². The van der Waals surface area contributed by atoms with Gasteiger partial charge in [0.1, 0.15) is 0 Å². The lowest BCUT2D eigenvalue weighted by molar-refractivity contribution is 0.953. The first kappa shape index (κ1) is 7.13. The molecule has 0 aliphatic heterocycles. The van der Waals surface area contributed by atoms with Crippen molar-refractivity contribution in [2.45, 2.75) is 13.3 Å². The number of hydrogen-bond donors (Lipinski definition) is 1. The maximum absolute atomic E-state index is 3.13. The monoisotopic (exact) mass is 135 g/mol. The molecule has 0 unspecified atom stereocenters. The van der Waals surface area contributed by atoms with E-state index in [1.807, 2.05) is 7.05 Å². The Morgan fingerprint density at radius 2 is 2.30 bits per heavy atom. The Hall–Kier alpha value is -0.980. The molecule has 0 aromatic carbocycles. The highest BCUT2D eigenvalue weighted by molar-refractivity contribution is 5.32. The van der Waals surface area contributed by atoms with Crippen molar-refractivity contribution in [2.24, 2.45) is 0 Å². The summed E-state index contributed by atoms with van der Waals surface area (Å²) < 4.78 is 0. The van der Waals surface area contributed by atoms with Crippen molar-refractivity contribution in [1.29, 1.82) is 0 Å². The van der Waals surface area contributed by atoms with Gasteiger partial charge in [-0.15, -0.1) is 0 Å². The molecule has 0 bridgehead atoms. The maximum atomic E-state index is 3.13. The van der Waals surface area contributed by atoms with Crippen LogP contribution in [0.15, 0.2) is 35.6 Å². The second kappa shape index (κ2) is 3.25. The summed E-state index contributed by atoms with van der Waals surface area (Å²) in [5.41, 5.74) is 2.64. The van der Waals surface area contributed by atoms with Gasteiger partial charge in [-0.05, 0) is 18.9 Å². The fourth-order valence-corrected chi connectivity index (χ4v) is 0.952. The molecule has 1 aliphatic rings. The van der Waals surface area contributed by atoms with Gasteiger partial charge in [0.05, 0.1) is 0 Å². The molecule has 1 heteroatoms. The van der Waals surface area contributed by atoms with E-state index >= 15 is 0 Å². The highest BCUT2D eigenvalue weighted by atomic mass is 14.8. The molecule has 0 spiro atoms. The van der Waals surface area contributed by atoms with Gasteiger partial charge in [0.15, 0.2) is 0 Å². The van der Waals surface area contributed by atoms with Gasteiger partial charge in [-0.1, -0.05) is 24.3 Å². The van der Waals surface area contributed by atoms with Crippen LogP contribution in [0.25, 0.3) is 0 Å². The quantitative estimate of drug-likeness (QED) is 0.580. The molecule has 1 aliphatic carbocycles. The van der Waals surface area contributed by atoms with E-state index in [-0.39, 0.29) is 0 Å². The van der Waals surface area contributed by atoms with E-state index in [2.05, 4.69) is 36.5 Å². The number of allylic oxidation sites excluding steroid dienone is 6. The van der Waals surface area contributed by atoms with E-state index in [0.717, 1.165) is 6.42 Å². The topological polar surface area (TPSA) is 12.0 Å². The van der Waals surface area contributed by atoms with E-state index in [9.17, 15) is 0 Å². The molecule has 0 aromatic rings. The number of hydrogen-bond acceptors (Lipinski definition) is 1. The predicted octanol–water partition coefficient (Wildman–Crippen LogP) is 2.00. The van der Waals surface area contributed by atoms with E-state index < -0.39 is 0 Å². The maximum Gasteiger partial charge on any atom is 0.0108 e. The van der Waals surface area contributed by atoms with Gasteiger partial charge in [-0.3, -0.25) is 0 Å². The molecule has 0 radical (unpaired) electrons. The smallest absolute Gasteiger partial charge is 0.0108 e. The van der Waals surface area contributed by atoms with Gasteiger partial charge in [0.2, 0.25) is 0 Å². The standard InChI is InChI=1S/C9H13N/c1-8(10-2)9-6-4-3-5-7-9/h3-6,10H,7H2,1-2H3. The molecule has 0 saturated heterocycles. The summed E-state index contributed by atoms with van der Waals surface area (Å²) in [5, 5.41) is 3.13. The lowest BCUT2D eigenvalue weighted by atomic mass is 10.1. The third-order valence-electron chi connectivity index (χ3n) is 1.74. The van der Waals surface area contributed by atoms with Gasteiger partial charge in [0.25, 0.3) is 0 Å². The van der Waals surface area contributed by atoms with E-state index in [1.165, 1.54) is 11.3 Å². The summed E-state index contributed by atoms with van der Waals surface area (Å²) in [5.74, 6) is 0. The normalized spacial score (nSPS) is 21.0. The first-order chi connectivity index (χ1) is 4.84. The summed E-state index contributed by atoms with van der Waals surface area (Å²) in [7, 11) is 1.95. The van der Waals surface area contributed by atoms with E-state index in [1.54, 1.807) is 0 Å². The van der Waals surface area contributed by atoms with Gasteiger partial charge in [-0.2, -0.15) is 0 Å². The SMILES string of the molecule is CNC(C)=C1C=CC=CC1. The minimum atomic E-state index is 1.06. The Bertz CT molecular complexity index is 197. The molecular weight excluding hydrogens is 122 g/mol. The molecule has 0 fully saturated rings. The average Bonchev–Trinajstić information content (AvgIpc) is 2.05. The summed E-state index contributed by atoms with van der Waals surface area (Å²) in [6, 6.07) is 0. The molecule has 1 rings (SSSR count). The van der Waals surface area contributed by atoms with Crippen LogP contribution in [-0.2, 0) is 0 Å². The molecule has 10 heavy (non-hydrogen) atoms. The molecule has 1 N–H and O–H groups in total. The molecule has 1 nitrogen and oxygen atoms in total. The zero-order chi connectivity index (χ0) is 7.40. The third-order valence-corrected chi connectivity index (χ3v) is 1.74. The van der Waals surface area contributed by atoms with Crippen molar-refractivity contribution in [2.75, 3.05) is 7.05 Å². The lowest BCUT2D eigenvalue weighted by Crippen LogP contribution is -2.04. The van der Waals surface area contributed by atoms with Crippen LogP contribution in [0, 0.1) is 0 Å². The first-order valence-corrected chi connectivity index (χ1v) is 3.55.